The lowest BCUT2D eigenvalue weighted by molar-refractivity contribution is 0.162. The highest BCUT2D eigenvalue weighted by atomic mass is 32.2. The average Bonchev–Trinajstić information content (AvgIpc) is 2.44. The molecule has 0 atom stereocenters. The number of fused-ring (bicyclic) bond motifs is 2. The van der Waals surface area contributed by atoms with Gasteiger partial charge in [0, 0.05) is 9.79 Å². The van der Waals surface area contributed by atoms with Crippen molar-refractivity contribution in [1.29, 1.82) is 0 Å². The molecule has 1 heterocycles. The van der Waals surface area contributed by atoms with Crippen LogP contribution in [-0.4, -0.2) is 12.7 Å². The zero-order valence-corrected chi connectivity index (χ0v) is 13.2. The summed E-state index contributed by atoms with van der Waals surface area (Å²) < 4.78 is 5.23. The number of ether oxygens (including phenoxy) is 1. The van der Waals surface area contributed by atoms with Gasteiger partial charge in [-0.1, -0.05) is 23.9 Å². The molecule has 4 heteroatoms. The van der Waals surface area contributed by atoms with Gasteiger partial charge in [-0.05, 0) is 56.2 Å². The van der Waals surface area contributed by atoms with Crippen molar-refractivity contribution in [2.75, 3.05) is 11.5 Å². The number of aryl methyl sites for hydroxylation is 2. The first kappa shape index (κ1) is 14.0. The second-order valence-electron chi connectivity index (χ2n) is 5.08. The molecular formula is C17H17NO2S. The van der Waals surface area contributed by atoms with Crippen LogP contribution in [0, 0.1) is 13.8 Å². The Kier molecular flexibility index (Phi) is 3.64. The predicted octanol–water partition coefficient (Wildman–Crippen LogP) is 5.06. The zero-order valence-electron chi connectivity index (χ0n) is 12.3. The van der Waals surface area contributed by atoms with Crippen LogP contribution < -0.4 is 4.90 Å². The lowest BCUT2D eigenvalue weighted by Crippen LogP contribution is -2.29. The maximum Gasteiger partial charge on any atom is 0.419 e. The fourth-order valence-electron chi connectivity index (χ4n) is 2.41. The molecule has 1 amide bonds. The van der Waals surface area contributed by atoms with Crippen LogP contribution >= 0.6 is 11.8 Å². The summed E-state index contributed by atoms with van der Waals surface area (Å²) in [5.74, 6) is 0. The highest BCUT2D eigenvalue weighted by Crippen LogP contribution is 2.48. The maximum atomic E-state index is 12.4. The van der Waals surface area contributed by atoms with E-state index >= 15 is 0 Å². The number of amides is 1. The molecule has 21 heavy (non-hydrogen) atoms. The Bertz CT molecular complexity index is 660. The van der Waals surface area contributed by atoms with E-state index in [2.05, 4.69) is 26.0 Å². The molecule has 0 saturated carbocycles. The molecule has 3 rings (SSSR count). The van der Waals surface area contributed by atoms with Crippen LogP contribution in [0.5, 0.6) is 0 Å². The summed E-state index contributed by atoms with van der Waals surface area (Å²) in [7, 11) is 0. The summed E-state index contributed by atoms with van der Waals surface area (Å²) in [4.78, 5) is 16.2. The smallest absolute Gasteiger partial charge is 0.419 e. The summed E-state index contributed by atoms with van der Waals surface area (Å²) in [5.41, 5.74) is 4.14. The SMILES string of the molecule is CCOC(=O)N1c2ccc(C)cc2Sc2cc(C)ccc21. The van der Waals surface area contributed by atoms with Crippen molar-refractivity contribution in [3.63, 3.8) is 0 Å². The van der Waals surface area contributed by atoms with E-state index in [0.717, 1.165) is 21.2 Å². The topological polar surface area (TPSA) is 29.5 Å². The van der Waals surface area contributed by atoms with Crippen LogP contribution in [0.25, 0.3) is 0 Å². The fraction of sp³-hybridized carbons (Fsp3) is 0.235. The van der Waals surface area contributed by atoms with E-state index in [9.17, 15) is 4.79 Å². The van der Waals surface area contributed by atoms with Gasteiger partial charge in [0.1, 0.15) is 0 Å². The molecule has 0 saturated heterocycles. The Morgan fingerprint density at radius 3 is 2.05 bits per heavy atom. The minimum Gasteiger partial charge on any atom is -0.449 e. The van der Waals surface area contributed by atoms with Gasteiger partial charge in [-0.2, -0.15) is 0 Å². The van der Waals surface area contributed by atoms with E-state index < -0.39 is 0 Å². The van der Waals surface area contributed by atoms with E-state index in [-0.39, 0.29) is 6.09 Å². The third-order valence-corrected chi connectivity index (χ3v) is 4.48. The fourth-order valence-corrected chi connectivity index (χ4v) is 3.66. The number of carbonyl (C=O) groups is 1. The number of rotatable bonds is 1. The normalized spacial score (nSPS) is 12.6. The van der Waals surface area contributed by atoms with E-state index in [0.29, 0.717) is 6.61 Å². The van der Waals surface area contributed by atoms with Crippen molar-refractivity contribution < 1.29 is 9.53 Å². The first-order valence-electron chi connectivity index (χ1n) is 6.96. The van der Waals surface area contributed by atoms with Gasteiger partial charge in [0.25, 0.3) is 0 Å². The van der Waals surface area contributed by atoms with E-state index in [1.54, 1.807) is 16.7 Å². The molecule has 1 aliphatic rings. The Labute approximate surface area is 128 Å². The second kappa shape index (κ2) is 5.45. The Hall–Kier alpha value is -1.94. The average molecular weight is 299 g/mol. The van der Waals surface area contributed by atoms with Gasteiger partial charge < -0.3 is 4.74 Å². The van der Waals surface area contributed by atoms with Crippen molar-refractivity contribution in [2.45, 2.75) is 30.6 Å². The lowest BCUT2D eigenvalue weighted by atomic mass is 10.1. The standard InChI is InChI=1S/C17H17NO2S/c1-4-20-17(19)18-13-7-5-11(2)9-15(13)21-16-10-12(3)6-8-14(16)18/h5-10H,4H2,1-3H3. The molecule has 0 radical (unpaired) electrons. The molecule has 0 fully saturated rings. The third-order valence-electron chi connectivity index (χ3n) is 3.38. The van der Waals surface area contributed by atoms with Gasteiger partial charge in [-0.3, -0.25) is 0 Å². The largest absolute Gasteiger partial charge is 0.449 e. The van der Waals surface area contributed by atoms with Crippen LogP contribution in [0.15, 0.2) is 46.2 Å². The molecule has 2 aromatic carbocycles. The van der Waals surface area contributed by atoms with Gasteiger partial charge in [0.2, 0.25) is 0 Å². The minimum absolute atomic E-state index is 0.326. The van der Waals surface area contributed by atoms with E-state index in [1.807, 2.05) is 31.2 Å². The molecule has 0 N–H and O–H groups in total. The lowest BCUT2D eigenvalue weighted by Gasteiger charge is -2.30. The number of hydrogen-bond acceptors (Lipinski definition) is 3. The van der Waals surface area contributed by atoms with Gasteiger partial charge in [-0.25, -0.2) is 9.69 Å². The Morgan fingerprint density at radius 2 is 1.57 bits per heavy atom. The highest BCUT2D eigenvalue weighted by molar-refractivity contribution is 7.99. The van der Waals surface area contributed by atoms with Gasteiger partial charge in [0.05, 0.1) is 18.0 Å². The van der Waals surface area contributed by atoms with E-state index in [1.165, 1.54) is 11.1 Å². The van der Waals surface area contributed by atoms with Crippen molar-refractivity contribution >= 4 is 29.2 Å². The highest BCUT2D eigenvalue weighted by Gasteiger charge is 2.29. The molecule has 3 nitrogen and oxygen atoms in total. The molecule has 0 aliphatic carbocycles. The number of carbonyl (C=O) groups excluding carboxylic acids is 1. The molecule has 2 aromatic rings. The molecule has 0 unspecified atom stereocenters. The molecule has 0 aromatic heterocycles. The van der Waals surface area contributed by atoms with Gasteiger partial charge >= 0.3 is 6.09 Å². The van der Waals surface area contributed by atoms with Crippen LogP contribution in [-0.2, 0) is 4.74 Å². The maximum absolute atomic E-state index is 12.4. The first-order valence-corrected chi connectivity index (χ1v) is 7.78. The summed E-state index contributed by atoms with van der Waals surface area (Å²) >= 11 is 1.70. The third kappa shape index (κ3) is 2.51. The van der Waals surface area contributed by atoms with Crippen LogP contribution in [0.1, 0.15) is 18.1 Å². The molecule has 0 bridgehead atoms. The first-order chi connectivity index (χ1) is 10.1. The van der Waals surface area contributed by atoms with Crippen molar-refractivity contribution in [3.05, 3.63) is 47.5 Å². The van der Waals surface area contributed by atoms with Gasteiger partial charge in [0.15, 0.2) is 0 Å². The summed E-state index contributed by atoms with van der Waals surface area (Å²) in [6, 6.07) is 12.2. The van der Waals surface area contributed by atoms with Crippen LogP contribution in [0.4, 0.5) is 16.2 Å². The number of anilines is 2. The summed E-state index contributed by atoms with van der Waals surface area (Å²) in [6.45, 7) is 6.30. The molecular weight excluding hydrogens is 282 g/mol. The molecule has 1 aliphatic heterocycles. The second-order valence-corrected chi connectivity index (χ2v) is 6.16. The predicted molar refractivity (Wildman–Crippen MR) is 85.6 cm³/mol. The molecule has 108 valence electrons. The Balaban J connectivity index is 2.16. The minimum atomic E-state index is -0.326. The quantitative estimate of drug-likeness (QED) is 0.737. The van der Waals surface area contributed by atoms with E-state index in [4.69, 9.17) is 4.74 Å². The van der Waals surface area contributed by atoms with Crippen molar-refractivity contribution in [3.8, 4) is 0 Å². The Morgan fingerprint density at radius 1 is 1.05 bits per heavy atom. The number of nitrogens with zero attached hydrogens (tertiary/aromatic N) is 1. The summed E-state index contributed by atoms with van der Waals surface area (Å²) in [5, 5.41) is 0. The van der Waals surface area contributed by atoms with Crippen molar-refractivity contribution in [1.82, 2.24) is 0 Å². The van der Waals surface area contributed by atoms with Crippen molar-refractivity contribution in [2.24, 2.45) is 0 Å². The zero-order chi connectivity index (χ0) is 15.0. The summed E-state index contributed by atoms with van der Waals surface area (Å²) in [6.07, 6.45) is -0.326. The number of benzene rings is 2. The monoisotopic (exact) mass is 299 g/mol. The van der Waals surface area contributed by atoms with Gasteiger partial charge in [-0.15, -0.1) is 0 Å². The molecule has 0 spiro atoms. The van der Waals surface area contributed by atoms with Crippen LogP contribution in [0.3, 0.4) is 0 Å². The number of hydrogen-bond donors (Lipinski definition) is 0. The van der Waals surface area contributed by atoms with Crippen LogP contribution in [0.2, 0.25) is 0 Å².